The first-order valence-corrected chi connectivity index (χ1v) is 14.3. The van der Waals surface area contributed by atoms with Gasteiger partial charge in [0.15, 0.2) is 0 Å². The average Bonchev–Trinajstić information content (AvgIpc) is 3.35. The highest BCUT2D eigenvalue weighted by Gasteiger charge is 2.23. The quantitative estimate of drug-likeness (QED) is 0.234. The Bertz CT molecular complexity index is 1620. The molecule has 1 aliphatic carbocycles. The smallest absolute Gasteiger partial charge is 0.253 e. The number of pyridine rings is 1. The summed E-state index contributed by atoms with van der Waals surface area (Å²) in [5.74, 6) is 1.44. The van der Waals surface area contributed by atoms with Crippen LogP contribution in [-0.2, 0) is 6.54 Å². The van der Waals surface area contributed by atoms with Gasteiger partial charge >= 0.3 is 0 Å². The van der Waals surface area contributed by atoms with Crippen LogP contribution in [0, 0.1) is 5.92 Å². The molecule has 0 unspecified atom stereocenters. The van der Waals surface area contributed by atoms with Gasteiger partial charge in [-0.25, -0.2) is 4.98 Å². The van der Waals surface area contributed by atoms with Crippen molar-refractivity contribution in [3.63, 3.8) is 0 Å². The Morgan fingerprint density at radius 1 is 0.900 bits per heavy atom. The molecule has 3 aromatic carbocycles. The maximum absolute atomic E-state index is 13.3. The number of nitrogens with one attached hydrogen (secondary N) is 2. The molecule has 1 fully saturated rings. The van der Waals surface area contributed by atoms with Gasteiger partial charge in [-0.05, 0) is 49.3 Å². The highest BCUT2D eigenvalue weighted by Crippen LogP contribution is 2.30. The first-order valence-electron chi connectivity index (χ1n) is 14.3. The second kappa shape index (κ2) is 11.4. The summed E-state index contributed by atoms with van der Waals surface area (Å²) in [5.41, 5.74) is 5.24. The van der Waals surface area contributed by atoms with Gasteiger partial charge in [0, 0.05) is 67.5 Å². The molecule has 2 heterocycles. The molecular weight excluding hydrogens is 494 g/mol. The monoisotopic (exact) mass is 531 g/mol. The standard InChI is InChI=1S/C34H37N5O/c1-38(2)32-20-33(37-30-14-8-6-13-28(30)32)36-26-18-16-24(17-19-26)21-35-34(40)29-23-39(22-25-10-4-3-5-11-25)31-15-9-7-12-27(29)31/h3-15,20,23-24,26H,16-19,21-22H2,1-2H3,(H,35,40)(H,36,37). The number of nitrogens with zero attached hydrogens (tertiary/aromatic N) is 3. The molecule has 204 valence electrons. The summed E-state index contributed by atoms with van der Waals surface area (Å²) < 4.78 is 2.18. The topological polar surface area (TPSA) is 62.2 Å². The number of amides is 1. The molecule has 2 aromatic heterocycles. The van der Waals surface area contributed by atoms with E-state index in [-0.39, 0.29) is 5.91 Å². The number of fused-ring (bicyclic) bond motifs is 2. The van der Waals surface area contributed by atoms with Crippen LogP contribution in [0.3, 0.4) is 0 Å². The Kier molecular flexibility index (Phi) is 7.41. The number of anilines is 2. The number of benzene rings is 3. The van der Waals surface area contributed by atoms with Crippen LogP contribution >= 0.6 is 0 Å². The highest BCUT2D eigenvalue weighted by molar-refractivity contribution is 6.07. The van der Waals surface area contributed by atoms with Crippen LogP contribution < -0.4 is 15.5 Å². The van der Waals surface area contributed by atoms with Crippen LogP contribution in [0.5, 0.6) is 0 Å². The molecule has 6 rings (SSSR count). The van der Waals surface area contributed by atoms with E-state index in [1.165, 1.54) is 16.6 Å². The number of para-hydroxylation sites is 2. The molecule has 0 saturated heterocycles. The lowest BCUT2D eigenvalue weighted by molar-refractivity contribution is 0.0944. The number of rotatable bonds is 8. The minimum Gasteiger partial charge on any atom is -0.377 e. The van der Waals surface area contributed by atoms with Gasteiger partial charge in [-0.2, -0.15) is 0 Å². The van der Waals surface area contributed by atoms with Crippen molar-refractivity contribution in [3.8, 4) is 0 Å². The summed E-state index contributed by atoms with van der Waals surface area (Å²) in [5, 5.41) is 9.12. The number of hydrogen-bond donors (Lipinski definition) is 2. The predicted octanol–water partition coefficient (Wildman–Crippen LogP) is 6.70. The summed E-state index contributed by atoms with van der Waals surface area (Å²) >= 11 is 0. The van der Waals surface area contributed by atoms with E-state index in [9.17, 15) is 4.79 Å². The summed E-state index contributed by atoms with van der Waals surface area (Å²) in [7, 11) is 4.15. The lowest BCUT2D eigenvalue weighted by atomic mass is 9.86. The van der Waals surface area contributed by atoms with E-state index in [1.54, 1.807) is 0 Å². The van der Waals surface area contributed by atoms with E-state index in [2.05, 4.69) is 88.8 Å². The molecule has 0 bridgehead atoms. The van der Waals surface area contributed by atoms with Gasteiger partial charge in [-0.3, -0.25) is 4.79 Å². The molecule has 1 saturated carbocycles. The molecular formula is C34H37N5O. The Balaban J connectivity index is 1.06. The van der Waals surface area contributed by atoms with Crippen LogP contribution in [0.1, 0.15) is 41.6 Å². The average molecular weight is 532 g/mol. The largest absolute Gasteiger partial charge is 0.377 e. The fourth-order valence-corrected chi connectivity index (χ4v) is 5.99. The summed E-state index contributed by atoms with van der Waals surface area (Å²) in [6, 6.07) is 29.4. The van der Waals surface area contributed by atoms with E-state index in [0.29, 0.717) is 18.5 Å². The van der Waals surface area contributed by atoms with Crippen molar-refractivity contribution in [2.24, 2.45) is 5.92 Å². The normalized spacial score (nSPS) is 17.1. The molecule has 2 N–H and O–H groups in total. The molecule has 1 amide bonds. The van der Waals surface area contributed by atoms with Gasteiger partial charge < -0.3 is 20.1 Å². The number of aromatic nitrogens is 2. The molecule has 6 heteroatoms. The minimum absolute atomic E-state index is 0.0137. The van der Waals surface area contributed by atoms with Crippen molar-refractivity contribution in [1.82, 2.24) is 14.9 Å². The molecule has 6 nitrogen and oxygen atoms in total. The summed E-state index contributed by atoms with van der Waals surface area (Å²) in [4.78, 5) is 20.3. The van der Waals surface area contributed by atoms with Gasteiger partial charge in [0.25, 0.3) is 5.91 Å². The zero-order chi connectivity index (χ0) is 27.5. The summed E-state index contributed by atoms with van der Waals surface area (Å²) in [6.45, 7) is 1.45. The Hall–Kier alpha value is -4.32. The molecule has 0 atom stereocenters. The molecule has 5 aromatic rings. The maximum atomic E-state index is 13.3. The third-order valence-electron chi connectivity index (χ3n) is 8.16. The van der Waals surface area contributed by atoms with Gasteiger partial charge in [0.1, 0.15) is 5.82 Å². The second-order valence-electron chi connectivity index (χ2n) is 11.2. The van der Waals surface area contributed by atoms with Crippen molar-refractivity contribution in [2.75, 3.05) is 30.9 Å². The van der Waals surface area contributed by atoms with Crippen molar-refractivity contribution in [3.05, 3.63) is 102 Å². The SMILES string of the molecule is CN(C)c1cc(NC2CCC(CNC(=O)c3cn(Cc4ccccc4)c4ccccc34)CC2)nc2ccccc12. The Labute approximate surface area is 236 Å². The van der Waals surface area contributed by atoms with Crippen LogP contribution in [0.25, 0.3) is 21.8 Å². The second-order valence-corrected chi connectivity index (χ2v) is 11.2. The third kappa shape index (κ3) is 5.53. The highest BCUT2D eigenvalue weighted by atomic mass is 16.1. The first-order chi connectivity index (χ1) is 19.5. The van der Waals surface area contributed by atoms with Crippen molar-refractivity contribution in [2.45, 2.75) is 38.3 Å². The van der Waals surface area contributed by atoms with Crippen molar-refractivity contribution < 1.29 is 4.79 Å². The molecule has 0 radical (unpaired) electrons. The zero-order valence-corrected chi connectivity index (χ0v) is 23.3. The summed E-state index contributed by atoms with van der Waals surface area (Å²) in [6.07, 6.45) is 6.32. The van der Waals surface area contributed by atoms with E-state index in [0.717, 1.165) is 60.0 Å². The number of carbonyl (C=O) groups is 1. The van der Waals surface area contributed by atoms with Crippen LogP contribution in [0.2, 0.25) is 0 Å². The van der Waals surface area contributed by atoms with Crippen LogP contribution in [0.4, 0.5) is 11.5 Å². The van der Waals surface area contributed by atoms with Gasteiger partial charge in [-0.15, -0.1) is 0 Å². The van der Waals surface area contributed by atoms with Crippen molar-refractivity contribution in [1.29, 1.82) is 0 Å². The fourth-order valence-electron chi connectivity index (χ4n) is 5.99. The van der Waals surface area contributed by atoms with Crippen molar-refractivity contribution >= 4 is 39.2 Å². The molecule has 1 aliphatic rings. The lowest BCUT2D eigenvalue weighted by Gasteiger charge is -2.30. The lowest BCUT2D eigenvalue weighted by Crippen LogP contribution is -2.34. The third-order valence-corrected chi connectivity index (χ3v) is 8.16. The van der Waals surface area contributed by atoms with Crippen LogP contribution in [0.15, 0.2) is 91.1 Å². The predicted molar refractivity (Wildman–Crippen MR) is 165 cm³/mol. The first kappa shape index (κ1) is 25.9. The Morgan fingerprint density at radius 2 is 1.60 bits per heavy atom. The fraction of sp³-hybridized carbons (Fsp3) is 0.294. The van der Waals surface area contributed by atoms with E-state index >= 15 is 0 Å². The van der Waals surface area contributed by atoms with Gasteiger partial charge in [0.2, 0.25) is 0 Å². The van der Waals surface area contributed by atoms with E-state index in [4.69, 9.17) is 4.98 Å². The van der Waals surface area contributed by atoms with E-state index < -0.39 is 0 Å². The zero-order valence-electron chi connectivity index (χ0n) is 23.3. The number of carbonyl (C=O) groups excluding carboxylic acids is 1. The molecule has 40 heavy (non-hydrogen) atoms. The van der Waals surface area contributed by atoms with E-state index in [1.807, 2.05) is 36.5 Å². The number of hydrogen-bond acceptors (Lipinski definition) is 4. The maximum Gasteiger partial charge on any atom is 0.253 e. The van der Waals surface area contributed by atoms with Crippen LogP contribution in [-0.4, -0.2) is 42.1 Å². The molecule has 0 aliphatic heterocycles. The minimum atomic E-state index is 0.0137. The Morgan fingerprint density at radius 3 is 2.38 bits per heavy atom. The van der Waals surface area contributed by atoms with Gasteiger partial charge in [0.05, 0.1) is 11.1 Å². The molecule has 0 spiro atoms. The van der Waals surface area contributed by atoms with Gasteiger partial charge in [-0.1, -0.05) is 66.7 Å².